The molecule has 0 spiro atoms. The topological polar surface area (TPSA) is 87.1 Å². The van der Waals surface area contributed by atoms with Gasteiger partial charge in [-0.05, 0) is 28.1 Å². The zero-order chi connectivity index (χ0) is 10.0. The fraction of sp³-hybridized carbons (Fsp3) is 0. The summed E-state index contributed by atoms with van der Waals surface area (Å²) in [7, 11) is 0. The van der Waals surface area contributed by atoms with Crippen LogP contribution in [0.1, 0.15) is 15.9 Å². The molecule has 4 nitrogen and oxygen atoms in total. The van der Waals surface area contributed by atoms with E-state index >= 15 is 0 Å². The third-order valence-electron chi connectivity index (χ3n) is 1.49. The quantitative estimate of drug-likeness (QED) is 0.731. The minimum atomic E-state index is -1.11. The summed E-state index contributed by atoms with van der Waals surface area (Å²) in [6.45, 7) is 0. The highest BCUT2D eigenvalue weighted by molar-refractivity contribution is 9.10. The van der Waals surface area contributed by atoms with Crippen molar-refractivity contribution >= 4 is 27.6 Å². The lowest BCUT2D eigenvalue weighted by molar-refractivity contribution is 0.0698. The van der Waals surface area contributed by atoms with Crippen molar-refractivity contribution in [3.05, 3.63) is 27.7 Å². The van der Waals surface area contributed by atoms with E-state index in [1.54, 1.807) is 0 Å². The molecule has 0 aliphatic rings. The number of nitrogens with two attached hydrogens (primary N) is 1. The van der Waals surface area contributed by atoms with Gasteiger partial charge in [0.25, 0.3) is 0 Å². The van der Waals surface area contributed by atoms with Crippen molar-refractivity contribution in [2.24, 2.45) is 0 Å². The van der Waals surface area contributed by atoms with Crippen LogP contribution >= 0.6 is 15.9 Å². The summed E-state index contributed by atoms with van der Waals surface area (Å²) in [5, 5.41) is 17.3. The molecule has 1 aromatic carbocycles. The van der Waals surface area contributed by atoms with Crippen LogP contribution in [0.2, 0.25) is 0 Å². The van der Waals surface area contributed by atoms with Crippen molar-refractivity contribution < 1.29 is 9.90 Å². The van der Waals surface area contributed by atoms with Crippen LogP contribution in [0.5, 0.6) is 0 Å². The molecule has 0 saturated heterocycles. The number of carboxylic acid groups (broad SMARTS) is 1. The SMILES string of the molecule is N#Cc1cc(N)c(C(=O)O)cc1Br. The smallest absolute Gasteiger partial charge is 0.337 e. The highest BCUT2D eigenvalue weighted by Crippen LogP contribution is 2.23. The Morgan fingerprint density at radius 1 is 1.62 bits per heavy atom. The first-order chi connectivity index (χ1) is 6.06. The number of nitriles is 1. The number of hydrogen-bond acceptors (Lipinski definition) is 3. The highest BCUT2D eigenvalue weighted by atomic mass is 79.9. The number of aromatic carboxylic acids is 1. The van der Waals surface area contributed by atoms with Crippen LogP contribution in [0.15, 0.2) is 16.6 Å². The van der Waals surface area contributed by atoms with Crippen LogP contribution in [-0.2, 0) is 0 Å². The number of hydrogen-bond donors (Lipinski definition) is 2. The normalized spacial score (nSPS) is 9.23. The maximum Gasteiger partial charge on any atom is 0.337 e. The molecular weight excluding hydrogens is 236 g/mol. The van der Waals surface area contributed by atoms with E-state index in [4.69, 9.17) is 16.1 Å². The number of halogens is 1. The van der Waals surface area contributed by atoms with Crippen molar-refractivity contribution in [3.63, 3.8) is 0 Å². The molecule has 0 aliphatic carbocycles. The average molecular weight is 241 g/mol. The first-order valence-electron chi connectivity index (χ1n) is 3.28. The second-order valence-corrected chi connectivity index (χ2v) is 3.19. The Bertz CT molecular complexity index is 409. The molecule has 1 aromatic rings. The van der Waals surface area contributed by atoms with Gasteiger partial charge in [0.1, 0.15) is 6.07 Å². The van der Waals surface area contributed by atoms with E-state index in [0.717, 1.165) is 0 Å². The van der Waals surface area contributed by atoms with E-state index in [0.29, 0.717) is 10.0 Å². The Morgan fingerprint density at radius 3 is 2.69 bits per heavy atom. The Balaban J connectivity index is 3.39. The van der Waals surface area contributed by atoms with Crippen LogP contribution in [0.3, 0.4) is 0 Å². The fourth-order valence-electron chi connectivity index (χ4n) is 0.861. The van der Waals surface area contributed by atoms with Gasteiger partial charge in [0.05, 0.1) is 11.1 Å². The van der Waals surface area contributed by atoms with E-state index in [9.17, 15) is 4.79 Å². The zero-order valence-electron chi connectivity index (χ0n) is 6.41. The Hall–Kier alpha value is -1.54. The molecule has 1 rings (SSSR count). The van der Waals surface area contributed by atoms with Crippen LogP contribution in [-0.4, -0.2) is 11.1 Å². The lowest BCUT2D eigenvalue weighted by atomic mass is 10.1. The summed E-state index contributed by atoms with van der Waals surface area (Å²) in [5.41, 5.74) is 5.82. The van der Waals surface area contributed by atoms with Gasteiger partial charge < -0.3 is 10.8 Å². The predicted molar refractivity (Wildman–Crippen MR) is 50.2 cm³/mol. The van der Waals surface area contributed by atoms with E-state index in [-0.39, 0.29) is 11.3 Å². The number of nitrogen functional groups attached to an aromatic ring is 1. The van der Waals surface area contributed by atoms with Crippen LogP contribution in [0.25, 0.3) is 0 Å². The monoisotopic (exact) mass is 240 g/mol. The molecule has 0 fully saturated rings. The first kappa shape index (κ1) is 9.55. The van der Waals surface area contributed by atoms with Crippen LogP contribution < -0.4 is 5.73 Å². The van der Waals surface area contributed by atoms with Crippen molar-refractivity contribution in [3.8, 4) is 6.07 Å². The zero-order valence-corrected chi connectivity index (χ0v) is 8.00. The molecule has 3 N–H and O–H groups in total. The van der Waals surface area contributed by atoms with Gasteiger partial charge in [0.2, 0.25) is 0 Å². The maximum atomic E-state index is 10.6. The van der Waals surface area contributed by atoms with Crippen molar-refractivity contribution in [1.29, 1.82) is 5.26 Å². The lowest BCUT2D eigenvalue weighted by Gasteiger charge is -2.02. The minimum absolute atomic E-state index is 0.00845. The first-order valence-corrected chi connectivity index (χ1v) is 4.08. The lowest BCUT2D eigenvalue weighted by Crippen LogP contribution is -2.02. The van der Waals surface area contributed by atoms with Crippen molar-refractivity contribution in [1.82, 2.24) is 0 Å². The van der Waals surface area contributed by atoms with Gasteiger partial charge in [-0.1, -0.05) is 0 Å². The molecule has 0 bridgehead atoms. The predicted octanol–water partition coefficient (Wildman–Crippen LogP) is 1.60. The number of anilines is 1. The van der Waals surface area contributed by atoms with Gasteiger partial charge in [-0.15, -0.1) is 0 Å². The van der Waals surface area contributed by atoms with E-state index in [1.165, 1.54) is 12.1 Å². The Morgan fingerprint density at radius 2 is 2.23 bits per heavy atom. The third kappa shape index (κ3) is 1.79. The van der Waals surface area contributed by atoms with Crippen molar-refractivity contribution in [2.75, 3.05) is 5.73 Å². The second kappa shape index (κ2) is 3.46. The summed E-state index contributed by atoms with van der Waals surface area (Å²) in [6.07, 6.45) is 0. The molecule has 0 radical (unpaired) electrons. The summed E-state index contributed by atoms with van der Waals surface area (Å²) in [6, 6.07) is 4.53. The maximum absolute atomic E-state index is 10.6. The van der Waals surface area contributed by atoms with Crippen LogP contribution in [0, 0.1) is 11.3 Å². The van der Waals surface area contributed by atoms with Gasteiger partial charge in [0, 0.05) is 10.2 Å². The van der Waals surface area contributed by atoms with Gasteiger partial charge >= 0.3 is 5.97 Å². The molecule has 0 aliphatic heterocycles. The van der Waals surface area contributed by atoms with Gasteiger partial charge in [-0.25, -0.2) is 4.79 Å². The number of rotatable bonds is 1. The number of carbonyl (C=O) groups is 1. The number of benzene rings is 1. The molecule has 0 heterocycles. The van der Waals surface area contributed by atoms with Gasteiger partial charge in [-0.3, -0.25) is 0 Å². The van der Waals surface area contributed by atoms with E-state index < -0.39 is 5.97 Å². The molecule has 5 heteroatoms. The number of carboxylic acids is 1. The fourth-order valence-corrected chi connectivity index (χ4v) is 1.29. The van der Waals surface area contributed by atoms with E-state index in [1.807, 2.05) is 6.07 Å². The largest absolute Gasteiger partial charge is 0.478 e. The second-order valence-electron chi connectivity index (χ2n) is 2.34. The summed E-state index contributed by atoms with van der Waals surface area (Å²) in [5.74, 6) is -1.11. The molecule has 0 atom stereocenters. The minimum Gasteiger partial charge on any atom is -0.478 e. The standard InChI is InChI=1S/C8H5BrN2O2/c9-6-2-5(8(12)13)7(11)1-4(6)3-10/h1-2H,11H2,(H,12,13). The molecule has 0 aromatic heterocycles. The summed E-state index contributed by atoms with van der Waals surface area (Å²) < 4.78 is 0.432. The summed E-state index contributed by atoms with van der Waals surface area (Å²) in [4.78, 5) is 10.6. The third-order valence-corrected chi connectivity index (χ3v) is 2.15. The molecular formula is C8H5BrN2O2. The van der Waals surface area contributed by atoms with Gasteiger partial charge in [0.15, 0.2) is 0 Å². The molecule has 13 heavy (non-hydrogen) atoms. The molecule has 0 amide bonds. The number of nitrogens with zero attached hydrogens (tertiary/aromatic N) is 1. The molecule has 66 valence electrons. The Kier molecular flexibility index (Phi) is 2.54. The van der Waals surface area contributed by atoms with E-state index in [2.05, 4.69) is 15.9 Å². The van der Waals surface area contributed by atoms with Gasteiger partial charge in [-0.2, -0.15) is 5.26 Å². The highest BCUT2D eigenvalue weighted by Gasteiger charge is 2.11. The Labute approximate surface area is 82.7 Å². The van der Waals surface area contributed by atoms with Crippen molar-refractivity contribution in [2.45, 2.75) is 0 Å². The summed E-state index contributed by atoms with van der Waals surface area (Å²) >= 11 is 3.07. The average Bonchev–Trinajstić information content (AvgIpc) is 2.07. The molecule has 0 saturated carbocycles. The molecule has 0 unspecified atom stereocenters. The van der Waals surface area contributed by atoms with Crippen LogP contribution in [0.4, 0.5) is 5.69 Å².